The van der Waals surface area contributed by atoms with E-state index in [2.05, 4.69) is 22.9 Å². The Hall–Kier alpha value is 0.220. The summed E-state index contributed by atoms with van der Waals surface area (Å²) in [5.74, 6) is 0. The summed E-state index contributed by atoms with van der Waals surface area (Å²) in [7, 11) is 0. The molecule has 58 valence electrons. The normalized spacial score (nSPS) is 21.0. The van der Waals surface area contributed by atoms with E-state index in [0.717, 1.165) is 5.33 Å². The second-order valence-electron chi connectivity index (χ2n) is 3.08. The molecule has 1 rings (SSSR count). The Balaban J connectivity index is 2.58. The minimum absolute atomic E-state index is 1.10. The summed E-state index contributed by atoms with van der Waals surface area (Å²) in [6, 6.07) is 0. The largest absolute Gasteiger partial charge is 0.0880 e. The molecule has 1 heteroatoms. The first-order valence-corrected chi connectivity index (χ1v) is 5.20. The topological polar surface area (TPSA) is 0 Å². The van der Waals surface area contributed by atoms with Gasteiger partial charge in [-0.05, 0) is 32.6 Å². The van der Waals surface area contributed by atoms with E-state index in [1.165, 1.54) is 32.1 Å². The Morgan fingerprint density at radius 3 is 2.60 bits per heavy atom. The van der Waals surface area contributed by atoms with Gasteiger partial charge in [-0.3, -0.25) is 0 Å². The second-order valence-corrected chi connectivity index (χ2v) is 3.64. The highest BCUT2D eigenvalue weighted by atomic mass is 79.9. The van der Waals surface area contributed by atoms with Gasteiger partial charge in [-0.15, -0.1) is 0 Å². The van der Waals surface area contributed by atoms with Crippen molar-refractivity contribution in [1.82, 2.24) is 0 Å². The lowest BCUT2D eigenvalue weighted by Gasteiger charge is -2.03. The predicted octanol–water partition coefficient (Wildman–Crippen LogP) is 3.66. The van der Waals surface area contributed by atoms with Gasteiger partial charge in [-0.25, -0.2) is 0 Å². The van der Waals surface area contributed by atoms with Crippen molar-refractivity contribution in [3.8, 4) is 0 Å². The van der Waals surface area contributed by atoms with E-state index in [0.29, 0.717) is 0 Å². The van der Waals surface area contributed by atoms with Crippen LogP contribution in [-0.2, 0) is 0 Å². The summed E-state index contributed by atoms with van der Waals surface area (Å²) in [6.07, 6.45) is 6.90. The summed E-state index contributed by atoms with van der Waals surface area (Å²) in [4.78, 5) is 0. The molecule has 0 saturated heterocycles. The highest BCUT2D eigenvalue weighted by Crippen LogP contribution is 2.24. The Bertz CT molecular complexity index is 136. The number of hydrogen-bond acceptors (Lipinski definition) is 0. The fourth-order valence-electron chi connectivity index (χ4n) is 1.48. The molecule has 0 saturated carbocycles. The Morgan fingerprint density at radius 2 is 1.90 bits per heavy atom. The molecule has 1 aliphatic rings. The van der Waals surface area contributed by atoms with Crippen LogP contribution in [0.4, 0.5) is 0 Å². The second kappa shape index (κ2) is 4.17. The van der Waals surface area contributed by atoms with E-state index in [-0.39, 0.29) is 0 Å². The van der Waals surface area contributed by atoms with Crippen LogP contribution in [0.5, 0.6) is 0 Å². The highest BCUT2D eigenvalue weighted by Gasteiger charge is 2.05. The van der Waals surface area contributed by atoms with E-state index >= 15 is 0 Å². The Morgan fingerprint density at radius 1 is 1.20 bits per heavy atom. The van der Waals surface area contributed by atoms with E-state index in [1.807, 2.05) is 0 Å². The molecular formula is C9H15Br. The SMILES string of the molecule is CC1=C(CBr)CCCCC1. The molecule has 0 heterocycles. The fraction of sp³-hybridized carbons (Fsp3) is 0.778. The van der Waals surface area contributed by atoms with Crippen molar-refractivity contribution >= 4 is 15.9 Å². The minimum atomic E-state index is 1.10. The van der Waals surface area contributed by atoms with Gasteiger partial charge in [0.2, 0.25) is 0 Å². The van der Waals surface area contributed by atoms with Gasteiger partial charge in [0.15, 0.2) is 0 Å². The maximum atomic E-state index is 3.53. The van der Waals surface area contributed by atoms with E-state index in [9.17, 15) is 0 Å². The first kappa shape index (κ1) is 8.32. The molecule has 0 atom stereocenters. The third kappa shape index (κ3) is 2.12. The summed E-state index contributed by atoms with van der Waals surface area (Å²) in [5.41, 5.74) is 3.28. The number of hydrogen-bond donors (Lipinski definition) is 0. The zero-order valence-corrected chi connectivity index (χ0v) is 8.21. The van der Waals surface area contributed by atoms with Crippen LogP contribution < -0.4 is 0 Å². The summed E-state index contributed by atoms with van der Waals surface area (Å²) in [6.45, 7) is 2.28. The number of halogens is 1. The van der Waals surface area contributed by atoms with Crippen LogP contribution >= 0.6 is 15.9 Å². The molecule has 0 unspecified atom stereocenters. The van der Waals surface area contributed by atoms with Crippen molar-refractivity contribution in [2.45, 2.75) is 39.0 Å². The molecule has 0 amide bonds. The molecule has 0 bridgehead atoms. The summed E-state index contributed by atoms with van der Waals surface area (Å²) in [5, 5.41) is 1.10. The molecule has 0 aromatic rings. The van der Waals surface area contributed by atoms with Crippen molar-refractivity contribution in [3.63, 3.8) is 0 Å². The molecule has 0 spiro atoms. The fourth-order valence-corrected chi connectivity index (χ4v) is 2.24. The van der Waals surface area contributed by atoms with Gasteiger partial charge < -0.3 is 0 Å². The Kier molecular flexibility index (Phi) is 3.47. The van der Waals surface area contributed by atoms with Crippen LogP contribution in [-0.4, -0.2) is 5.33 Å². The minimum Gasteiger partial charge on any atom is -0.0880 e. The van der Waals surface area contributed by atoms with Crippen LogP contribution in [0.15, 0.2) is 11.1 Å². The van der Waals surface area contributed by atoms with Crippen LogP contribution in [0.2, 0.25) is 0 Å². The quantitative estimate of drug-likeness (QED) is 0.450. The molecule has 0 aliphatic heterocycles. The van der Waals surface area contributed by atoms with Crippen molar-refractivity contribution < 1.29 is 0 Å². The van der Waals surface area contributed by atoms with Gasteiger partial charge >= 0.3 is 0 Å². The standard InChI is InChI=1S/C9H15Br/c1-8-5-3-2-4-6-9(8)7-10/h2-7H2,1H3. The van der Waals surface area contributed by atoms with Crippen molar-refractivity contribution in [2.24, 2.45) is 0 Å². The molecule has 10 heavy (non-hydrogen) atoms. The molecular weight excluding hydrogens is 188 g/mol. The predicted molar refractivity (Wildman–Crippen MR) is 49.6 cm³/mol. The van der Waals surface area contributed by atoms with Crippen LogP contribution in [0.1, 0.15) is 39.0 Å². The van der Waals surface area contributed by atoms with Crippen molar-refractivity contribution in [1.29, 1.82) is 0 Å². The maximum absolute atomic E-state index is 3.53. The molecule has 0 nitrogen and oxygen atoms in total. The third-order valence-electron chi connectivity index (χ3n) is 2.30. The van der Waals surface area contributed by atoms with E-state index in [1.54, 1.807) is 11.1 Å². The number of alkyl halides is 1. The number of allylic oxidation sites excluding steroid dienone is 2. The van der Waals surface area contributed by atoms with Crippen LogP contribution in [0.3, 0.4) is 0 Å². The zero-order valence-electron chi connectivity index (χ0n) is 6.62. The van der Waals surface area contributed by atoms with Crippen LogP contribution in [0, 0.1) is 0 Å². The van der Waals surface area contributed by atoms with E-state index in [4.69, 9.17) is 0 Å². The molecule has 0 N–H and O–H groups in total. The summed E-state index contributed by atoms with van der Waals surface area (Å²) < 4.78 is 0. The average molecular weight is 203 g/mol. The molecule has 0 fully saturated rings. The van der Waals surface area contributed by atoms with Gasteiger partial charge in [0.05, 0.1) is 0 Å². The lowest BCUT2D eigenvalue weighted by Crippen LogP contribution is -1.86. The third-order valence-corrected chi connectivity index (χ3v) is 2.97. The smallest absolute Gasteiger partial charge is 0.0244 e. The van der Waals surface area contributed by atoms with E-state index < -0.39 is 0 Å². The van der Waals surface area contributed by atoms with Crippen LogP contribution in [0.25, 0.3) is 0 Å². The van der Waals surface area contributed by atoms with Gasteiger partial charge in [-0.2, -0.15) is 0 Å². The number of rotatable bonds is 1. The van der Waals surface area contributed by atoms with Crippen molar-refractivity contribution in [3.05, 3.63) is 11.1 Å². The average Bonchev–Trinajstić information content (AvgIpc) is 2.13. The molecule has 1 aliphatic carbocycles. The maximum Gasteiger partial charge on any atom is 0.0244 e. The highest BCUT2D eigenvalue weighted by molar-refractivity contribution is 9.09. The molecule has 0 radical (unpaired) electrons. The van der Waals surface area contributed by atoms with Gasteiger partial charge in [0.1, 0.15) is 0 Å². The van der Waals surface area contributed by atoms with Gasteiger partial charge in [-0.1, -0.05) is 33.5 Å². The first-order valence-electron chi connectivity index (χ1n) is 4.08. The van der Waals surface area contributed by atoms with Crippen molar-refractivity contribution in [2.75, 3.05) is 5.33 Å². The lowest BCUT2D eigenvalue weighted by molar-refractivity contribution is 0.707. The zero-order chi connectivity index (χ0) is 7.40. The first-order chi connectivity index (χ1) is 4.84. The Labute approximate surface area is 71.8 Å². The molecule has 0 aromatic carbocycles. The lowest BCUT2D eigenvalue weighted by atomic mass is 10.1. The summed E-state index contributed by atoms with van der Waals surface area (Å²) >= 11 is 3.53. The molecule has 0 aromatic heterocycles. The van der Waals surface area contributed by atoms with Gasteiger partial charge in [0.25, 0.3) is 0 Å². The van der Waals surface area contributed by atoms with Gasteiger partial charge in [0, 0.05) is 5.33 Å². The monoisotopic (exact) mass is 202 g/mol.